The van der Waals surface area contributed by atoms with Gasteiger partial charge < -0.3 is 27.9 Å². The van der Waals surface area contributed by atoms with Crippen LogP contribution in [0.2, 0.25) is 0 Å². The van der Waals surface area contributed by atoms with Crippen molar-refractivity contribution in [2.45, 2.75) is 193 Å². The highest BCUT2D eigenvalue weighted by Gasteiger charge is 2.20. The molecule has 0 radical (unpaired) electrons. The first-order valence-electron chi connectivity index (χ1n) is 24.8. The molecule has 0 N–H and O–H groups in total. The van der Waals surface area contributed by atoms with E-state index in [9.17, 15) is 14.3 Å². The summed E-state index contributed by atoms with van der Waals surface area (Å²) in [7, 11) is 1.33. The number of phosphoric acid groups is 1. The summed E-state index contributed by atoms with van der Waals surface area (Å²) in [5.74, 6) is -0.352. The van der Waals surface area contributed by atoms with Crippen molar-refractivity contribution < 1.29 is 37.3 Å². The summed E-state index contributed by atoms with van der Waals surface area (Å²) < 4.78 is 34.7. The number of quaternary nitrogens is 1. The Morgan fingerprint density at radius 3 is 1.40 bits per heavy atom. The molecule has 0 saturated heterocycles. The van der Waals surface area contributed by atoms with Crippen LogP contribution in [0.15, 0.2) is 85.1 Å². The van der Waals surface area contributed by atoms with Crippen molar-refractivity contribution in [1.29, 1.82) is 0 Å². The van der Waals surface area contributed by atoms with Gasteiger partial charge in [0.25, 0.3) is 7.82 Å². The number of esters is 1. The van der Waals surface area contributed by atoms with E-state index in [0.29, 0.717) is 24.1 Å². The molecule has 0 fully saturated rings. The monoisotopic (exact) mass is 888 g/mol. The van der Waals surface area contributed by atoms with E-state index in [2.05, 4.69) is 98.9 Å². The van der Waals surface area contributed by atoms with E-state index in [0.717, 1.165) is 96.3 Å². The molecule has 0 saturated carbocycles. The zero-order valence-electron chi connectivity index (χ0n) is 40.5. The van der Waals surface area contributed by atoms with Gasteiger partial charge in [-0.15, -0.1) is 0 Å². The Morgan fingerprint density at radius 2 is 0.935 bits per heavy atom. The van der Waals surface area contributed by atoms with Crippen LogP contribution >= 0.6 is 7.82 Å². The number of nitrogens with zero attached hydrogens (tertiary/aromatic N) is 1. The number of carbonyl (C=O) groups is 1. The first-order chi connectivity index (χ1) is 30.1. The van der Waals surface area contributed by atoms with E-state index in [1.807, 2.05) is 21.1 Å². The number of likely N-dealkylation sites (N-methyl/N-ethyl adjacent to an activating group) is 1. The lowest BCUT2D eigenvalue weighted by molar-refractivity contribution is -0.870. The van der Waals surface area contributed by atoms with Gasteiger partial charge in [0, 0.05) is 13.0 Å². The highest BCUT2D eigenvalue weighted by molar-refractivity contribution is 7.45. The molecule has 2 atom stereocenters. The second-order valence-electron chi connectivity index (χ2n) is 17.4. The van der Waals surface area contributed by atoms with Crippen molar-refractivity contribution in [2.75, 3.05) is 54.1 Å². The quantitative estimate of drug-likeness (QED) is 0.0198. The van der Waals surface area contributed by atoms with Crippen LogP contribution in [-0.4, -0.2) is 70.7 Å². The summed E-state index contributed by atoms with van der Waals surface area (Å²) in [6.45, 7) is 5.23. The first-order valence-corrected chi connectivity index (χ1v) is 26.3. The number of hydrogen-bond acceptors (Lipinski definition) is 7. The van der Waals surface area contributed by atoms with E-state index in [4.69, 9.17) is 18.5 Å². The molecule has 0 aliphatic carbocycles. The third-order valence-electron chi connectivity index (χ3n) is 10.2. The van der Waals surface area contributed by atoms with Crippen LogP contribution in [0, 0.1) is 0 Å². The maximum atomic E-state index is 12.7. The molecule has 358 valence electrons. The third kappa shape index (κ3) is 48.7. The van der Waals surface area contributed by atoms with Gasteiger partial charge in [0.1, 0.15) is 19.3 Å². The summed E-state index contributed by atoms with van der Waals surface area (Å²) in [5.41, 5.74) is 0. The maximum Gasteiger partial charge on any atom is 0.306 e. The van der Waals surface area contributed by atoms with E-state index in [1.165, 1.54) is 70.6 Å². The van der Waals surface area contributed by atoms with E-state index in [1.54, 1.807) is 0 Å². The minimum absolute atomic E-state index is 0.0170. The summed E-state index contributed by atoms with van der Waals surface area (Å²) in [6, 6.07) is 0. The summed E-state index contributed by atoms with van der Waals surface area (Å²) in [6.07, 6.45) is 60.3. The normalized spacial score (nSPS) is 14.4. The van der Waals surface area contributed by atoms with Crippen LogP contribution in [0.25, 0.3) is 0 Å². The minimum Gasteiger partial charge on any atom is -0.756 e. The number of phosphoric ester groups is 1. The van der Waals surface area contributed by atoms with Crippen molar-refractivity contribution >= 4 is 13.8 Å². The fourth-order valence-electron chi connectivity index (χ4n) is 6.37. The molecule has 0 aromatic carbocycles. The molecule has 9 heteroatoms. The van der Waals surface area contributed by atoms with Gasteiger partial charge in [-0.2, -0.15) is 0 Å². The van der Waals surface area contributed by atoms with Gasteiger partial charge in [-0.05, 0) is 89.9 Å². The van der Waals surface area contributed by atoms with Crippen LogP contribution < -0.4 is 4.89 Å². The Labute approximate surface area is 382 Å². The highest BCUT2D eigenvalue weighted by atomic mass is 31.2. The summed E-state index contributed by atoms with van der Waals surface area (Å²) in [4.78, 5) is 25.2. The molecule has 0 heterocycles. The lowest BCUT2D eigenvalue weighted by Gasteiger charge is -2.28. The van der Waals surface area contributed by atoms with Gasteiger partial charge in [-0.25, -0.2) is 0 Å². The fraction of sp³-hybridized carbons (Fsp3) is 0.717. The van der Waals surface area contributed by atoms with Crippen molar-refractivity contribution in [2.24, 2.45) is 0 Å². The lowest BCUT2D eigenvalue weighted by Crippen LogP contribution is -2.37. The fourth-order valence-corrected chi connectivity index (χ4v) is 7.10. The van der Waals surface area contributed by atoms with Crippen LogP contribution in [-0.2, 0) is 27.9 Å². The number of rotatable bonds is 45. The zero-order chi connectivity index (χ0) is 45.5. The molecular weight excluding hydrogens is 794 g/mol. The predicted molar refractivity (Wildman–Crippen MR) is 263 cm³/mol. The van der Waals surface area contributed by atoms with Crippen LogP contribution in [0.4, 0.5) is 0 Å². The molecular formula is C53H94NO7P. The molecule has 0 aliphatic heterocycles. The van der Waals surface area contributed by atoms with Gasteiger partial charge in [-0.3, -0.25) is 9.36 Å². The molecule has 0 spiro atoms. The van der Waals surface area contributed by atoms with Crippen molar-refractivity contribution in [3.8, 4) is 0 Å². The second kappa shape index (κ2) is 45.3. The van der Waals surface area contributed by atoms with Gasteiger partial charge in [0.05, 0.1) is 34.4 Å². The number of ether oxygens (including phenoxy) is 2. The van der Waals surface area contributed by atoms with Gasteiger partial charge >= 0.3 is 5.97 Å². The topological polar surface area (TPSA) is 94.1 Å². The number of unbranched alkanes of at least 4 members (excludes halogenated alkanes) is 17. The minimum atomic E-state index is -4.54. The summed E-state index contributed by atoms with van der Waals surface area (Å²) >= 11 is 0. The highest BCUT2D eigenvalue weighted by Crippen LogP contribution is 2.38. The molecule has 2 unspecified atom stereocenters. The SMILES string of the molecule is CC/C=C\C/C=C\C/C=C\C/C=C\C/C=C\CCCCCCCCCC(=O)OC(COCCCCCCCC/C=C\C/C=C\CCCCCC)COP(=O)([O-])OCC[N+](C)(C)C. The molecule has 0 aromatic heterocycles. The van der Waals surface area contributed by atoms with E-state index >= 15 is 0 Å². The van der Waals surface area contributed by atoms with Crippen molar-refractivity contribution in [1.82, 2.24) is 0 Å². The maximum absolute atomic E-state index is 12.7. The zero-order valence-corrected chi connectivity index (χ0v) is 41.4. The number of hydrogen-bond donors (Lipinski definition) is 0. The van der Waals surface area contributed by atoms with Crippen molar-refractivity contribution in [3.05, 3.63) is 85.1 Å². The van der Waals surface area contributed by atoms with Crippen LogP contribution in [0.3, 0.4) is 0 Å². The van der Waals surface area contributed by atoms with Crippen molar-refractivity contribution in [3.63, 3.8) is 0 Å². The Kier molecular flexibility index (Phi) is 43.6. The van der Waals surface area contributed by atoms with E-state index < -0.39 is 13.9 Å². The first kappa shape index (κ1) is 59.7. The van der Waals surface area contributed by atoms with Crippen LogP contribution in [0.5, 0.6) is 0 Å². The van der Waals surface area contributed by atoms with Gasteiger partial charge in [-0.1, -0.05) is 176 Å². The number of carbonyl (C=O) groups excluding carboxylic acids is 1. The largest absolute Gasteiger partial charge is 0.756 e. The summed E-state index contributed by atoms with van der Waals surface area (Å²) in [5, 5.41) is 0. The number of allylic oxidation sites excluding steroid dienone is 14. The molecule has 0 amide bonds. The average Bonchev–Trinajstić information content (AvgIpc) is 3.23. The van der Waals surface area contributed by atoms with E-state index in [-0.39, 0.29) is 25.8 Å². The Morgan fingerprint density at radius 1 is 0.516 bits per heavy atom. The molecule has 62 heavy (non-hydrogen) atoms. The predicted octanol–water partition coefficient (Wildman–Crippen LogP) is 14.6. The second-order valence-corrected chi connectivity index (χ2v) is 18.8. The lowest BCUT2D eigenvalue weighted by atomic mass is 10.1. The average molecular weight is 888 g/mol. The smallest absolute Gasteiger partial charge is 0.306 e. The Hall–Kier alpha value is -2.32. The standard InChI is InChI=1S/C53H94NO7P/c1-6-8-10-12-14-16-18-20-22-24-25-26-27-28-29-30-32-34-36-38-40-42-44-46-53(55)61-52(51-60-62(56,57)59-49-47-54(3,4)5)50-58-48-45-43-41-39-37-35-33-31-23-21-19-17-15-13-11-9-7-2/h8,10,14,16-17,19-20,22-23,25-26,28-29,31,52H,6-7,9,11-13,15,18,21,24,27,30,32-51H2,1-5H3/b10-8-,16-14-,19-17-,22-20-,26-25-,29-28-,31-23-. The van der Waals surface area contributed by atoms with Gasteiger partial charge in [0.2, 0.25) is 0 Å². The Bertz CT molecular complexity index is 1260. The molecule has 0 aromatic rings. The Balaban J connectivity index is 4.23. The van der Waals surface area contributed by atoms with Crippen LogP contribution in [0.1, 0.15) is 187 Å². The van der Waals surface area contributed by atoms with Gasteiger partial charge in [0.15, 0.2) is 0 Å². The molecule has 8 nitrogen and oxygen atoms in total. The molecule has 0 rings (SSSR count). The molecule has 0 aliphatic rings. The third-order valence-corrected chi connectivity index (χ3v) is 11.1. The molecule has 0 bridgehead atoms.